The molecule has 1 aromatic heterocycles. The Hall–Kier alpha value is -2.75. The Morgan fingerprint density at radius 3 is 2.82 bits per heavy atom. The Balaban J connectivity index is 1.18. The maximum absolute atomic E-state index is 12.8. The maximum Gasteiger partial charge on any atom is 0.222 e. The van der Waals surface area contributed by atoms with Gasteiger partial charge < -0.3 is 19.6 Å². The first-order valence-corrected chi connectivity index (χ1v) is 13.6. The second kappa shape index (κ2) is 8.79. The van der Waals surface area contributed by atoms with Crippen LogP contribution < -0.4 is 5.32 Å². The monoisotopic (exact) mass is 482 g/mol. The Morgan fingerprint density at radius 1 is 1.18 bits per heavy atom. The van der Waals surface area contributed by atoms with Crippen molar-refractivity contribution in [1.82, 2.24) is 20.3 Å². The first-order chi connectivity index (χ1) is 16.6. The number of nitrogens with zero attached hydrogens (tertiary/aromatic N) is 5. The average molecular weight is 483 g/mol. The van der Waals surface area contributed by atoms with Gasteiger partial charge in [0.15, 0.2) is 11.5 Å². The summed E-state index contributed by atoms with van der Waals surface area (Å²) in [5, 5.41) is 8.80. The number of rotatable bonds is 2. The zero-order valence-electron chi connectivity index (χ0n) is 19.4. The molecule has 0 aliphatic carbocycles. The molecule has 9 nitrogen and oxygen atoms in total. The van der Waals surface area contributed by atoms with Crippen LogP contribution in [0, 0.1) is 0 Å². The highest BCUT2D eigenvalue weighted by atomic mass is 32.2. The third kappa shape index (κ3) is 3.91. The predicted molar refractivity (Wildman–Crippen MR) is 131 cm³/mol. The Bertz CT molecular complexity index is 1180. The van der Waals surface area contributed by atoms with Crippen molar-refractivity contribution in [2.45, 2.75) is 55.4 Å². The number of likely N-dealkylation sites (tertiary alicyclic amines) is 2. The Morgan fingerprint density at radius 2 is 2.00 bits per heavy atom. The van der Waals surface area contributed by atoms with Crippen LogP contribution in [0.2, 0.25) is 0 Å². The number of amides is 1. The number of carbonyl (C=O) groups excluding carboxylic acids is 1. The Labute approximate surface area is 201 Å². The summed E-state index contributed by atoms with van der Waals surface area (Å²) in [4.78, 5) is 25.9. The van der Waals surface area contributed by atoms with Crippen LogP contribution in [0.1, 0.15) is 43.7 Å². The molecule has 0 spiro atoms. The molecular weight excluding hydrogens is 452 g/mol. The molecule has 3 saturated heterocycles. The van der Waals surface area contributed by atoms with E-state index in [0.717, 1.165) is 67.2 Å². The van der Waals surface area contributed by atoms with Crippen molar-refractivity contribution >= 4 is 39.5 Å². The Kier molecular flexibility index (Phi) is 5.63. The summed E-state index contributed by atoms with van der Waals surface area (Å²) in [7, 11) is 0.861. The normalized spacial score (nSPS) is 31.6. The minimum absolute atomic E-state index is 0.0102. The number of benzene rings is 1. The van der Waals surface area contributed by atoms with Gasteiger partial charge in [-0.15, -0.1) is 0 Å². The van der Waals surface area contributed by atoms with Gasteiger partial charge in [-0.05, 0) is 37.8 Å². The number of carbonyl (C=O) groups is 1. The molecule has 180 valence electrons. The molecule has 10 heteroatoms. The number of hydrogen-bond donors (Lipinski definition) is 1. The lowest BCUT2D eigenvalue weighted by atomic mass is 9.91. The molecule has 3 unspecified atom stereocenters. The second-order valence-electron chi connectivity index (χ2n) is 9.75. The van der Waals surface area contributed by atoms with E-state index in [-0.39, 0.29) is 23.2 Å². The number of nitrogens with one attached hydrogen (secondary N) is 1. The van der Waals surface area contributed by atoms with Crippen molar-refractivity contribution in [3.05, 3.63) is 30.0 Å². The summed E-state index contributed by atoms with van der Waals surface area (Å²) in [5.74, 6) is 2.84. The fourth-order valence-corrected chi connectivity index (χ4v) is 7.27. The second-order valence-corrected chi connectivity index (χ2v) is 11.4. The molecule has 4 atom stereocenters. The molecule has 0 bridgehead atoms. The summed E-state index contributed by atoms with van der Waals surface area (Å²) in [6.07, 6.45) is 4.02. The summed E-state index contributed by atoms with van der Waals surface area (Å²) >= 11 is 0. The molecule has 4 aliphatic heterocycles. The molecule has 34 heavy (non-hydrogen) atoms. The summed E-state index contributed by atoms with van der Waals surface area (Å²) in [5.41, 5.74) is 1.90. The van der Waals surface area contributed by atoms with Crippen molar-refractivity contribution < 1.29 is 13.5 Å². The first kappa shape index (κ1) is 21.8. The van der Waals surface area contributed by atoms with Crippen LogP contribution >= 0.6 is 0 Å². The largest absolute Gasteiger partial charge is 0.356 e. The number of amidine groups is 1. The minimum Gasteiger partial charge on any atom is -0.356 e. The van der Waals surface area contributed by atoms with Gasteiger partial charge in [0.1, 0.15) is 11.1 Å². The molecule has 1 N–H and O–H groups in total. The molecule has 6 rings (SSSR count). The molecule has 4 aliphatic rings. The lowest BCUT2D eigenvalue weighted by molar-refractivity contribution is -0.132. The van der Waals surface area contributed by atoms with Crippen molar-refractivity contribution in [1.29, 1.82) is 0 Å². The zero-order valence-corrected chi connectivity index (χ0v) is 20.2. The van der Waals surface area contributed by atoms with Crippen LogP contribution in [0.3, 0.4) is 0 Å². The number of aromatic nitrogens is 1. The number of hydrogen-bond acceptors (Lipinski definition) is 7. The van der Waals surface area contributed by atoms with E-state index in [0.29, 0.717) is 24.6 Å². The summed E-state index contributed by atoms with van der Waals surface area (Å²) in [6.45, 7) is 2.34. The molecule has 0 saturated carbocycles. The van der Waals surface area contributed by atoms with Crippen molar-refractivity contribution in [3.8, 4) is 0 Å². The summed E-state index contributed by atoms with van der Waals surface area (Å²) in [6, 6.07) is 8.09. The summed E-state index contributed by atoms with van der Waals surface area (Å²) < 4.78 is 18.3. The van der Waals surface area contributed by atoms with E-state index in [4.69, 9.17) is 14.5 Å². The van der Waals surface area contributed by atoms with E-state index in [1.807, 2.05) is 25.2 Å². The van der Waals surface area contributed by atoms with E-state index in [9.17, 15) is 9.00 Å². The van der Waals surface area contributed by atoms with Gasteiger partial charge in [0.05, 0.1) is 17.8 Å². The fourth-order valence-electron chi connectivity index (χ4n) is 5.63. The molecular formula is C24H30N6O3S. The third-order valence-electron chi connectivity index (χ3n) is 7.55. The quantitative estimate of drug-likeness (QED) is 0.701. The van der Waals surface area contributed by atoms with Gasteiger partial charge in [-0.25, -0.2) is 4.99 Å². The fraction of sp³-hybridized carbons (Fsp3) is 0.583. The van der Waals surface area contributed by atoms with Gasteiger partial charge in [-0.1, -0.05) is 17.3 Å². The molecule has 5 heterocycles. The first-order valence-electron chi connectivity index (χ1n) is 12.2. The highest BCUT2D eigenvalue weighted by Crippen LogP contribution is 2.33. The zero-order chi connectivity index (χ0) is 23.2. The number of guanidine groups is 1. The van der Waals surface area contributed by atoms with Crippen molar-refractivity contribution in [3.63, 3.8) is 0 Å². The van der Waals surface area contributed by atoms with E-state index in [2.05, 4.69) is 21.4 Å². The number of fused-ring (bicyclic) bond motifs is 2. The number of para-hydroxylation sites is 1. The number of likely N-dealkylation sites (N-methyl/N-ethyl adjacent to an activating group) is 1. The maximum atomic E-state index is 12.8. The van der Waals surface area contributed by atoms with Gasteiger partial charge in [0, 0.05) is 61.0 Å². The van der Waals surface area contributed by atoms with E-state index < -0.39 is 10.8 Å². The predicted octanol–water partition coefficient (Wildman–Crippen LogP) is 1.88. The van der Waals surface area contributed by atoms with Gasteiger partial charge in [-0.2, -0.15) is 0 Å². The molecule has 2 aromatic rings. The van der Waals surface area contributed by atoms with Crippen LogP contribution in [-0.4, -0.2) is 86.6 Å². The van der Waals surface area contributed by atoms with Crippen LogP contribution in [0.25, 0.3) is 11.0 Å². The van der Waals surface area contributed by atoms with Crippen molar-refractivity contribution in [2.24, 2.45) is 9.98 Å². The number of aliphatic imine (C=N–C) groups is 2. The van der Waals surface area contributed by atoms with Crippen molar-refractivity contribution in [2.75, 3.05) is 32.4 Å². The molecule has 1 aromatic carbocycles. The van der Waals surface area contributed by atoms with Gasteiger partial charge >= 0.3 is 0 Å². The van der Waals surface area contributed by atoms with Crippen LogP contribution in [0.4, 0.5) is 0 Å². The van der Waals surface area contributed by atoms with E-state index in [1.165, 1.54) is 0 Å². The van der Waals surface area contributed by atoms with E-state index in [1.54, 1.807) is 4.90 Å². The van der Waals surface area contributed by atoms with Gasteiger partial charge in [0.25, 0.3) is 0 Å². The third-order valence-corrected chi connectivity index (χ3v) is 9.30. The smallest absolute Gasteiger partial charge is 0.222 e. The lowest BCUT2D eigenvalue weighted by Gasteiger charge is -2.37. The minimum atomic E-state index is -0.967. The topological polar surface area (TPSA) is 103 Å². The molecule has 3 fully saturated rings. The van der Waals surface area contributed by atoms with Gasteiger partial charge in [0.2, 0.25) is 5.91 Å². The van der Waals surface area contributed by atoms with Crippen LogP contribution in [0.15, 0.2) is 38.8 Å². The number of piperidine rings is 2. The standard InChI is InChI=1S/C24H30N6O3S/c1-29-14-16(6-7-20(29)31)25-23-22-18(10-13-34(22)32)26-24(27-23)30-11-8-15(9-12-30)21-17-4-2-3-5-19(17)33-28-21/h2-5,15-16,18,22H,6-14H2,1H3,(H,25,26,27)/t16-,18?,22?,34?/m0/s1. The SMILES string of the molecule is CN1C[C@@H](N=C2NC(N3CCC(c4noc5ccccc45)CC3)=NC3CCS(=O)C23)CCC1=O. The highest BCUT2D eigenvalue weighted by molar-refractivity contribution is 7.86. The van der Waals surface area contributed by atoms with E-state index >= 15 is 0 Å². The van der Waals surface area contributed by atoms with Gasteiger partial charge in [-0.3, -0.25) is 14.0 Å². The molecule has 0 radical (unpaired) electrons. The van der Waals surface area contributed by atoms with Crippen LogP contribution in [-0.2, 0) is 15.6 Å². The van der Waals surface area contributed by atoms with Crippen LogP contribution in [0.5, 0.6) is 0 Å². The lowest BCUT2D eigenvalue weighted by Crippen LogP contribution is -2.56. The molecule has 1 amide bonds. The average Bonchev–Trinajstić information content (AvgIpc) is 3.45. The highest BCUT2D eigenvalue weighted by Gasteiger charge is 2.43.